The lowest BCUT2D eigenvalue weighted by Gasteiger charge is -2.35. The molecule has 2 saturated heterocycles. The number of nitrogens with one attached hydrogen (secondary N) is 1. The molecular formula is C26H25F4N7. The van der Waals surface area contributed by atoms with Gasteiger partial charge in [-0.15, -0.1) is 5.10 Å². The Bertz CT molecular complexity index is 1420. The summed E-state index contributed by atoms with van der Waals surface area (Å²) in [6.07, 6.45) is -0.794. The van der Waals surface area contributed by atoms with Crippen molar-refractivity contribution in [3.8, 4) is 11.4 Å². The van der Waals surface area contributed by atoms with E-state index in [0.29, 0.717) is 29.4 Å². The van der Waals surface area contributed by atoms with Crippen LogP contribution in [-0.4, -0.2) is 58.0 Å². The van der Waals surface area contributed by atoms with E-state index in [-0.39, 0.29) is 24.9 Å². The molecule has 0 amide bonds. The summed E-state index contributed by atoms with van der Waals surface area (Å²) in [5, 5.41) is 7.38. The second-order valence-corrected chi connectivity index (χ2v) is 9.39. The second kappa shape index (κ2) is 9.29. The van der Waals surface area contributed by atoms with Gasteiger partial charge in [0, 0.05) is 26.2 Å². The van der Waals surface area contributed by atoms with Crippen LogP contribution in [-0.2, 0) is 0 Å². The first-order valence-electron chi connectivity index (χ1n) is 12.3. The molecule has 0 radical (unpaired) electrons. The van der Waals surface area contributed by atoms with Crippen LogP contribution in [0.3, 0.4) is 0 Å². The fourth-order valence-electron chi connectivity index (χ4n) is 5.21. The zero-order chi connectivity index (χ0) is 25.6. The van der Waals surface area contributed by atoms with E-state index in [1.165, 1.54) is 6.07 Å². The van der Waals surface area contributed by atoms with E-state index in [2.05, 4.69) is 20.2 Å². The Hall–Kier alpha value is -3.73. The van der Waals surface area contributed by atoms with Gasteiger partial charge in [-0.2, -0.15) is 13.2 Å². The van der Waals surface area contributed by atoms with E-state index in [1.807, 2.05) is 18.2 Å². The molecule has 192 valence electrons. The molecule has 1 N–H and O–H groups in total. The van der Waals surface area contributed by atoms with Crippen LogP contribution in [0.15, 0.2) is 60.8 Å². The number of piperazine rings is 1. The SMILES string of the molecule is Fc1cccc([C@H]2CCCN2c2ccc3ncc(-c4cccc(N5CCNC(C(F)(F)F)C5)n4)n3n2)c1. The summed E-state index contributed by atoms with van der Waals surface area (Å²) in [5.41, 5.74) is 2.75. The first-order chi connectivity index (χ1) is 17.9. The fourth-order valence-corrected chi connectivity index (χ4v) is 5.21. The van der Waals surface area contributed by atoms with E-state index < -0.39 is 12.2 Å². The van der Waals surface area contributed by atoms with Gasteiger partial charge in [-0.1, -0.05) is 18.2 Å². The number of alkyl halides is 3. The van der Waals surface area contributed by atoms with Crippen molar-refractivity contribution >= 4 is 17.3 Å². The number of benzene rings is 1. The smallest absolute Gasteiger partial charge is 0.353 e. The second-order valence-electron chi connectivity index (χ2n) is 9.39. The minimum Gasteiger partial charge on any atom is -0.353 e. The predicted octanol–water partition coefficient (Wildman–Crippen LogP) is 4.61. The van der Waals surface area contributed by atoms with Crippen molar-refractivity contribution in [3.63, 3.8) is 0 Å². The van der Waals surface area contributed by atoms with Crippen LogP contribution in [0.1, 0.15) is 24.4 Å². The van der Waals surface area contributed by atoms with Gasteiger partial charge in [-0.3, -0.25) is 0 Å². The zero-order valence-corrected chi connectivity index (χ0v) is 19.9. The molecule has 1 aromatic carbocycles. The lowest BCUT2D eigenvalue weighted by Crippen LogP contribution is -2.57. The molecule has 0 spiro atoms. The molecule has 0 aliphatic carbocycles. The molecule has 0 saturated carbocycles. The van der Waals surface area contributed by atoms with Crippen molar-refractivity contribution < 1.29 is 17.6 Å². The molecule has 1 unspecified atom stereocenters. The summed E-state index contributed by atoms with van der Waals surface area (Å²) in [7, 11) is 0. The predicted molar refractivity (Wildman–Crippen MR) is 132 cm³/mol. The number of pyridine rings is 1. The third-order valence-electron chi connectivity index (χ3n) is 7.02. The van der Waals surface area contributed by atoms with Gasteiger partial charge < -0.3 is 15.1 Å². The topological polar surface area (TPSA) is 61.6 Å². The van der Waals surface area contributed by atoms with Crippen molar-refractivity contribution in [1.82, 2.24) is 24.9 Å². The number of hydrogen-bond acceptors (Lipinski definition) is 6. The van der Waals surface area contributed by atoms with Crippen LogP contribution in [0.4, 0.5) is 29.2 Å². The Morgan fingerprint density at radius 2 is 1.84 bits per heavy atom. The largest absolute Gasteiger partial charge is 0.405 e. The molecule has 6 rings (SSSR count). The fraction of sp³-hybridized carbons (Fsp3) is 0.346. The number of fused-ring (bicyclic) bond motifs is 1. The molecule has 3 aromatic heterocycles. The maximum Gasteiger partial charge on any atom is 0.405 e. The highest BCUT2D eigenvalue weighted by atomic mass is 19.4. The highest BCUT2D eigenvalue weighted by Gasteiger charge is 2.42. The van der Waals surface area contributed by atoms with Crippen LogP contribution in [0, 0.1) is 5.82 Å². The number of nitrogens with zero attached hydrogens (tertiary/aromatic N) is 6. The van der Waals surface area contributed by atoms with Crippen LogP contribution >= 0.6 is 0 Å². The number of rotatable bonds is 4. The van der Waals surface area contributed by atoms with Gasteiger partial charge >= 0.3 is 6.18 Å². The van der Waals surface area contributed by atoms with Gasteiger partial charge in [0.2, 0.25) is 0 Å². The lowest BCUT2D eigenvalue weighted by molar-refractivity contribution is -0.155. The van der Waals surface area contributed by atoms with Crippen molar-refractivity contribution in [2.24, 2.45) is 0 Å². The molecule has 37 heavy (non-hydrogen) atoms. The Balaban J connectivity index is 1.32. The Morgan fingerprint density at radius 3 is 2.68 bits per heavy atom. The van der Waals surface area contributed by atoms with Crippen LogP contribution in [0.2, 0.25) is 0 Å². The van der Waals surface area contributed by atoms with Crippen molar-refractivity contribution in [2.45, 2.75) is 31.1 Å². The molecule has 2 aliphatic rings. The van der Waals surface area contributed by atoms with E-state index in [0.717, 1.165) is 30.8 Å². The highest BCUT2D eigenvalue weighted by Crippen LogP contribution is 2.36. The Morgan fingerprint density at radius 1 is 0.973 bits per heavy atom. The summed E-state index contributed by atoms with van der Waals surface area (Å²) in [5.74, 6) is 0.955. The maximum atomic E-state index is 13.9. The molecule has 0 bridgehead atoms. The summed E-state index contributed by atoms with van der Waals surface area (Å²) < 4.78 is 55.4. The molecule has 7 nitrogen and oxygen atoms in total. The van der Waals surface area contributed by atoms with Crippen LogP contribution in [0.5, 0.6) is 0 Å². The van der Waals surface area contributed by atoms with E-state index in [9.17, 15) is 17.6 Å². The minimum absolute atomic E-state index is 0.0170. The summed E-state index contributed by atoms with van der Waals surface area (Å²) in [6, 6.07) is 14.2. The first-order valence-corrected chi connectivity index (χ1v) is 12.3. The third-order valence-corrected chi connectivity index (χ3v) is 7.02. The lowest BCUT2D eigenvalue weighted by atomic mass is 10.0. The maximum absolute atomic E-state index is 13.9. The monoisotopic (exact) mass is 511 g/mol. The van der Waals surface area contributed by atoms with Gasteiger partial charge in [-0.05, 0) is 54.8 Å². The van der Waals surface area contributed by atoms with Crippen LogP contribution < -0.4 is 15.1 Å². The van der Waals surface area contributed by atoms with E-state index >= 15 is 0 Å². The first kappa shape index (κ1) is 23.7. The standard InChI is InChI=1S/C26H25F4N7/c27-18-5-1-4-17(14-18)20-7-3-12-36(20)25-10-9-23-32-15-21(37(23)34-25)19-6-2-8-24(33-19)35-13-11-31-22(16-35)26(28,29)30/h1-2,4-6,8-10,14-15,20,22,31H,3,7,11-13,16H2/t20-,22?/m1/s1. The number of halogens is 4. The molecule has 5 heterocycles. The summed E-state index contributed by atoms with van der Waals surface area (Å²) in [6.45, 7) is 1.24. The van der Waals surface area contributed by atoms with E-state index in [4.69, 9.17) is 5.10 Å². The Kier molecular flexibility index (Phi) is 5.94. The number of imidazole rings is 1. The summed E-state index contributed by atoms with van der Waals surface area (Å²) >= 11 is 0. The third kappa shape index (κ3) is 4.59. The molecular weight excluding hydrogens is 486 g/mol. The van der Waals surface area contributed by atoms with Crippen molar-refractivity contribution in [1.29, 1.82) is 0 Å². The van der Waals surface area contributed by atoms with E-state index in [1.54, 1.807) is 45.9 Å². The minimum atomic E-state index is -4.32. The molecule has 4 aromatic rings. The molecule has 2 aliphatic heterocycles. The van der Waals surface area contributed by atoms with Gasteiger partial charge in [0.15, 0.2) is 5.65 Å². The zero-order valence-electron chi connectivity index (χ0n) is 19.9. The molecule has 2 fully saturated rings. The number of aromatic nitrogens is 4. The number of hydrogen-bond donors (Lipinski definition) is 1. The quantitative estimate of drug-likeness (QED) is 0.404. The average Bonchev–Trinajstić information content (AvgIpc) is 3.56. The van der Waals surface area contributed by atoms with Gasteiger partial charge in [-0.25, -0.2) is 18.9 Å². The summed E-state index contributed by atoms with van der Waals surface area (Å²) in [4.78, 5) is 13.0. The number of anilines is 2. The normalized spacial score (nSPS) is 20.6. The van der Waals surface area contributed by atoms with Crippen LogP contribution in [0.25, 0.3) is 17.0 Å². The molecule has 11 heteroatoms. The molecule has 2 atom stereocenters. The average molecular weight is 512 g/mol. The highest BCUT2D eigenvalue weighted by molar-refractivity contribution is 5.62. The van der Waals surface area contributed by atoms with Crippen molar-refractivity contribution in [3.05, 3.63) is 72.2 Å². The van der Waals surface area contributed by atoms with Gasteiger partial charge in [0.05, 0.1) is 17.9 Å². The van der Waals surface area contributed by atoms with Gasteiger partial charge in [0.25, 0.3) is 0 Å². The van der Waals surface area contributed by atoms with Gasteiger partial charge in [0.1, 0.15) is 29.2 Å². The Labute approximate surface area is 210 Å². The van der Waals surface area contributed by atoms with Crippen molar-refractivity contribution in [2.75, 3.05) is 36.0 Å².